The van der Waals surface area contributed by atoms with Gasteiger partial charge in [0.2, 0.25) is 0 Å². The molecule has 1 aromatic rings. The molecule has 1 aliphatic rings. The molecule has 14 heavy (non-hydrogen) atoms. The molecule has 0 spiro atoms. The van der Waals surface area contributed by atoms with Crippen LogP contribution in [0.3, 0.4) is 0 Å². The molecule has 0 bridgehead atoms. The predicted octanol–water partition coefficient (Wildman–Crippen LogP) is 3.69. The largest absolute Gasteiger partial charge is 0.261 e. The van der Waals surface area contributed by atoms with Crippen molar-refractivity contribution in [2.45, 2.75) is 50.9 Å². The van der Waals surface area contributed by atoms with Crippen molar-refractivity contribution in [3.05, 3.63) is 30.1 Å². The van der Waals surface area contributed by atoms with Crippen LogP contribution < -0.4 is 0 Å². The first-order valence-electron chi connectivity index (χ1n) is 5.79. The van der Waals surface area contributed by atoms with E-state index in [1.807, 2.05) is 12.3 Å². The number of nitrogens with zero attached hydrogens (tertiary/aromatic N) is 1. The van der Waals surface area contributed by atoms with Gasteiger partial charge >= 0.3 is 0 Å². The fraction of sp³-hybridized carbons (Fsp3) is 0.615. The molecule has 0 amide bonds. The van der Waals surface area contributed by atoms with Crippen LogP contribution >= 0.6 is 0 Å². The Balaban J connectivity index is 2.27. The van der Waals surface area contributed by atoms with Gasteiger partial charge in [0.15, 0.2) is 0 Å². The Hall–Kier alpha value is -0.850. The zero-order valence-electron chi connectivity index (χ0n) is 9.00. The lowest BCUT2D eigenvalue weighted by atomic mass is 9.70. The Morgan fingerprint density at radius 3 is 2.57 bits per heavy atom. The lowest BCUT2D eigenvalue weighted by Gasteiger charge is -2.35. The molecule has 0 aromatic carbocycles. The third-order valence-electron chi connectivity index (χ3n) is 3.70. The zero-order chi connectivity index (χ0) is 9.86. The van der Waals surface area contributed by atoms with Gasteiger partial charge < -0.3 is 0 Å². The summed E-state index contributed by atoms with van der Waals surface area (Å²) in [6, 6.07) is 6.33. The summed E-state index contributed by atoms with van der Waals surface area (Å²) in [4.78, 5) is 4.55. The molecule has 1 aromatic heterocycles. The number of pyridine rings is 1. The van der Waals surface area contributed by atoms with E-state index < -0.39 is 0 Å². The molecule has 0 aliphatic heterocycles. The van der Waals surface area contributed by atoms with Crippen molar-refractivity contribution in [2.75, 3.05) is 0 Å². The van der Waals surface area contributed by atoms with E-state index in [2.05, 4.69) is 24.0 Å². The molecule has 0 radical (unpaired) electrons. The van der Waals surface area contributed by atoms with E-state index in [9.17, 15) is 0 Å². The van der Waals surface area contributed by atoms with Gasteiger partial charge in [-0.1, -0.05) is 32.3 Å². The summed E-state index contributed by atoms with van der Waals surface area (Å²) in [5.74, 6) is 0. The molecular weight excluding hydrogens is 170 g/mol. The molecule has 0 saturated heterocycles. The minimum absolute atomic E-state index is 0.402. The molecule has 76 valence electrons. The highest BCUT2D eigenvalue weighted by Gasteiger charge is 2.32. The molecule has 1 heterocycles. The van der Waals surface area contributed by atoms with Crippen LogP contribution in [0.25, 0.3) is 0 Å². The Morgan fingerprint density at radius 1 is 1.21 bits per heavy atom. The third kappa shape index (κ3) is 1.68. The normalized spacial score (nSPS) is 20.6. The summed E-state index contributed by atoms with van der Waals surface area (Å²) in [5, 5.41) is 0. The first-order chi connectivity index (χ1) is 6.87. The maximum absolute atomic E-state index is 4.55. The maximum atomic E-state index is 4.55. The van der Waals surface area contributed by atoms with Gasteiger partial charge in [0.05, 0.1) is 0 Å². The minimum atomic E-state index is 0.402. The predicted molar refractivity (Wildman–Crippen MR) is 59.3 cm³/mol. The van der Waals surface area contributed by atoms with Gasteiger partial charge in [-0.2, -0.15) is 0 Å². The first kappa shape index (κ1) is 9.70. The van der Waals surface area contributed by atoms with Crippen molar-refractivity contribution in [3.63, 3.8) is 0 Å². The van der Waals surface area contributed by atoms with E-state index in [4.69, 9.17) is 0 Å². The van der Waals surface area contributed by atoms with Crippen LogP contribution in [0.1, 0.15) is 51.1 Å². The number of rotatable bonds is 2. The SMILES string of the molecule is CCC1(c2ccccn2)CCCCC1. The lowest BCUT2D eigenvalue weighted by molar-refractivity contribution is 0.276. The molecule has 2 rings (SSSR count). The lowest BCUT2D eigenvalue weighted by Crippen LogP contribution is -2.29. The van der Waals surface area contributed by atoms with Gasteiger partial charge in [0.1, 0.15) is 0 Å². The Bertz CT molecular complexity index is 273. The smallest absolute Gasteiger partial charge is 0.0465 e. The molecule has 0 N–H and O–H groups in total. The van der Waals surface area contributed by atoms with Crippen LogP contribution in [0.2, 0.25) is 0 Å². The summed E-state index contributed by atoms with van der Waals surface area (Å²) >= 11 is 0. The molecule has 1 saturated carbocycles. The van der Waals surface area contributed by atoms with Gasteiger partial charge in [-0.25, -0.2) is 0 Å². The number of hydrogen-bond donors (Lipinski definition) is 0. The maximum Gasteiger partial charge on any atom is 0.0465 e. The van der Waals surface area contributed by atoms with Gasteiger partial charge in [-0.3, -0.25) is 4.98 Å². The van der Waals surface area contributed by atoms with E-state index in [1.165, 1.54) is 44.2 Å². The van der Waals surface area contributed by atoms with Gasteiger partial charge in [-0.05, 0) is 31.4 Å². The quantitative estimate of drug-likeness (QED) is 0.691. The van der Waals surface area contributed by atoms with Crippen LogP contribution in [0.4, 0.5) is 0 Å². The summed E-state index contributed by atoms with van der Waals surface area (Å²) < 4.78 is 0. The molecule has 0 atom stereocenters. The minimum Gasteiger partial charge on any atom is -0.261 e. The van der Waals surface area contributed by atoms with Crippen LogP contribution in [0, 0.1) is 0 Å². The first-order valence-corrected chi connectivity index (χ1v) is 5.79. The van der Waals surface area contributed by atoms with Crippen LogP contribution in [0.15, 0.2) is 24.4 Å². The number of hydrogen-bond acceptors (Lipinski definition) is 1. The Kier molecular flexibility index (Phi) is 2.85. The highest BCUT2D eigenvalue weighted by molar-refractivity contribution is 5.17. The fourth-order valence-electron chi connectivity index (χ4n) is 2.70. The molecular formula is C13H19N. The van der Waals surface area contributed by atoms with E-state index in [0.29, 0.717) is 5.41 Å². The van der Waals surface area contributed by atoms with Crippen LogP contribution in [-0.2, 0) is 5.41 Å². The van der Waals surface area contributed by atoms with Crippen LogP contribution in [-0.4, -0.2) is 4.98 Å². The van der Waals surface area contributed by atoms with E-state index in [-0.39, 0.29) is 0 Å². The molecule has 0 unspecified atom stereocenters. The van der Waals surface area contributed by atoms with Gasteiger partial charge in [-0.15, -0.1) is 0 Å². The second-order valence-corrected chi connectivity index (χ2v) is 4.41. The van der Waals surface area contributed by atoms with Gasteiger partial charge in [0, 0.05) is 17.3 Å². The molecule has 1 heteroatoms. The van der Waals surface area contributed by atoms with Crippen molar-refractivity contribution in [1.29, 1.82) is 0 Å². The fourth-order valence-corrected chi connectivity index (χ4v) is 2.70. The Labute approximate surface area is 86.6 Å². The van der Waals surface area contributed by atoms with Crippen molar-refractivity contribution < 1.29 is 0 Å². The summed E-state index contributed by atoms with van der Waals surface area (Å²) in [7, 11) is 0. The van der Waals surface area contributed by atoms with E-state index in [1.54, 1.807) is 0 Å². The van der Waals surface area contributed by atoms with Crippen molar-refractivity contribution in [2.24, 2.45) is 0 Å². The summed E-state index contributed by atoms with van der Waals surface area (Å²) in [6.45, 7) is 2.31. The molecule has 1 nitrogen and oxygen atoms in total. The third-order valence-corrected chi connectivity index (χ3v) is 3.70. The van der Waals surface area contributed by atoms with Crippen molar-refractivity contribution in [1.82, 2.24) is 4.98 Å². The van der Waals surface area contributed by atoms with Crippen molar-refractivity contribution >= 4 is 0 Å². The van der Waals surface area contributed by atoms with Gasteiger partial charge in [0.25, 0.3) is 0 Å². The highest BCUT2D eigenvalue weighted by Crippen LogP contribution is 2.40. The summed E-state index contributed by atoms with van der Waals surface area (Å²) in [5.41, 5.74) is 1.72. The molecule has 1 aliphatic carbocycles. The topological polar surface area (TPSA) is 12.9 Å². The monoisotopic (exact) mass is 189 g/mol. The summed E-state index contributed by atoms with van der Waals surface area (Å²) in [6.07, 6.45) is 10.0. The van der Waals surface area contributed by atoms with Crippen molar-refractivity contribution in [3.8, 4) is 0 Å². The highest BCUT2D eigenvalue weighted by atomic mass is 14.7. The average Bonchev–Trinajstić information content (AvgIpc) is 2.31. The second kappa shape index (κ2) is 4.12. The molecule has 1 fully saturated rings. The van der Waals surface area contributed by atoms with E-state index in [0.717, 1.165) is 0 Å². The zero-order valence-corrected chi connectivity index (χ0v) is 9.00. The average molecular weight is 189 g/mol. The van der Waals surface area contributed by atoms with Crippen LogP contribution in [0.5, 0.6) is 0 Å². The number of aromatic nitrogens is 1. The standard InChI is InChI=1S/C13H19N/c1-2-13(9-5-3-6-10-13)12-8-4-7-11-14-12/h4,7-8,11H,2-3,5-6,9-10H2,1H3. The second-order valence-electron chi connectivity index (χ2n) is 4.41. The van der Waals surface area contributed by atoms with E-state index >= 15 is 0 Å². The Morgan fingerprint density at radius 2 is 2.00 bits per heavy atom.